The fourth-order valence-electron chi connectivity index (χ4n) is 2.99. The molecule has 0 saturated carbocycles. The van der Waals surface area contributed by atoms with E-state index in [-0.39, 0.29) is 6.10 Å². The van der Waals surface area contributed by atoms with E-state index in [2.05, 4.69) is 36.2 Å². The van der Waals surface area contributed by atoms with E-state index in [1.54, 1.807) is 11.3 Å². The first-order chi connectivity index (χ1) is 11.7. The van der Waals surface area contributed by atoms with E-state index in [1.165, 1.54) is 10.3 Å². The number of ether oxygens (including phenoxy) is 2. The molecule has 0 bridgehead atoms. The molecule has 2 aromatic carbocycles. The number of aromatic nitrogens is 1. The van der Waals surface area contributed by atoms with Gasteiger partial charge in [0.05, 0.1) is 16.8 Å². The molecule has 0 unspecified atom stereocenters. The first-order valence-corrected chi connectivity index (χ1v) is 9.04. The Bertz CT molecular complexity index is 880. The molecule has 24 heavy (non-hydrogen) atoms. The van der Waals surface area contributed by atoms with Crippen molar-refractivity contribution >= 4 is 33.7 Å². The maximum Gasteiger partial charge on any atom is 0.127 e. The van der Waals surface area contributed by atoms with E-state index in [0.717, 1.165) is 34.0 Å². The summed E-state index contributed by atoms with van der Waals surface area (Å²) >= 11 is 1.69. The highest BCUT2D eigenvalue weighted by molar-refractivity contribution is 7.19. The van der Waals surface area contributed by atoms with E-state index < -0.39 is 0 Å². The monoisotopic (exact) mass is 337 g/mol. The summed E-state index contributed by atoms with van der Waals surface area (Å²) in [5.74, 6) is 1.88. The van der Waals surface area contributed by atoms with E-state index in [0.29, 0.717) is 6.61 Å². The van der Waals surface area contributed by atoms with Gasteiger partial charge in [0.15, 0.2) is 0 Å². The summed E-state index contributed by atoms with van der Waals surface area (Å²) in [4.78, 5) is 4.65. The maximum absolute atomic E-state index is 5.88. The molecule has 3 aromatic rings. The predicted octanol–water partition coefficient (Wildman–Crippen LogP) is 5.19. The summed E-state index contributed by atoms with van der Waals surface area (Å²) in [5, 5.41) is 0.994. The lowest BCUT2D eigenvalue weighted by Crippen LogP contribution is -2.05. The second kappa shape index (κ2) is 6.29. The summed E-state index contributed by atoms with van der Waals surface area (Å²) in [6, 6.07) is 12.4. The number of fused-ring (bicyclic) bond motifs is 2. The van der Waals surface area contributed by atoms with Crippen molar-refractivity contribution in [1.29, 1.82) is 0 Å². The van der Waals surface area contributed by atoms with Crippen LogP contribution in [0.2, 0.25) is 0 Å². The number of thiazole rings is 1. The summed E-state index contributed by atoms with van der Waals surface area (Å²) in [6.45, 7) is 4.75. The molecule has 2 heterocycles. The van der Waals surface area contributed by atoms with Crippen LogP contribution in [0.1, 0.15) is 30.0 Å². The van der Waals surface area contributed by atoms with Crippen LogP contribution in [0.4, 0.5) is 0 Å². The number of hydrogen-bond acceptors (Lipinski definition) is 4. The fraction of sp³-hybridized carbons (Fsp3) is 0.250. The molecule has 0 N–H and O–H groups in total. The van der Waals surface area contributed by atoms with Crippen LogP contribution in [0.25, 0.3) is 22.4 Å². The third-order valence-electron chi connectivity index (χ3n) is 4.04. The van der Waals surface area contributed by atoms with Gasteiger partial charge in [-0.25, -0.2) is 4.98 Å². The molecule has 1 aliphatic rings. The van der Waals surface area contributed by atoms with Crippen LogP contribution in [-0.4, -0.2) is 17.7 Å². The molecule has 1 aromatic heterocycles. The van der Waals surface area contributed by atoms with Crippen LogP contribution < -0.4 is 9.47 Å². The van der Waals surface area contributed by atoms with Gasteiger partial charge < -0.3 is 9.47 Å². The van der Waals surface area contributed by atoms with Crippen molar-refractivity contribution in [3.8, 4) is 11.5 Å². The van der Waals surface area contributed by atoms with Gasteiger partial charge in [0.25, 0.3) is 0 Å². The smallest absolute Gasteiger partial charge is 0.127 e. The van der Waals surface area contributed by atoms with Crippen LogP contribution in [0.3, 0.4) is 0 Å². The van der Waals surface area contributed by atoms with Crippen LogP contribution in [-0.2, 0) is 6.42 Å². The Balaban J connectivity index is 1.68. The normalized spacial score (nSPS) is 16.5. The average molecular weight is 337 g/mol. The molecular formula is C20H19NO2S. The second-order valence-corrected chi connectivity index (χ2v) is 6.98. The quantitative estimate of drug-likeness (QED) is 0.656. The second-order valence-electron chi connectivity index (χ2n) is 5.92. The molecule has 0 radical (unpaired) electrons. The molecular weight excluding hydrogens is 318 g/mol. The third kappa shape index (κ3) is 2.89. The van der Waals surface area contributed by atoms with Crippen LogP contribution >= 0.6 is 11.3 Å². The van der Waals surface area contributed by atoms with Crippen LogP contribution in [0.5, 0.6) is 11.5 Å². The van der Waals surface area contributed by atoms with Gasteiger partial charge in [-0.05, 0) is 50.3 Å². The van der Waals surface area contributed by atoms with Crippen molar-refractivity contribution < 1.29 is 9.47 Å². The lowest BCUT2D eigenvalue weighted by molar-refractivity contribution is 0.254. The minimum Gasteiger partial charge on any atom is -0.493 e. The average Bonchev–Trinajstić information content (AvgIpc) is 3.14. The van der Waals surface area contributed by atoms with Crippen LogP contribution in [0.15, 0.2) is 36.4 Å². The highest BCUT2D eigenvalue weighted by atomic mass is 32.1. The van der Waals surface area contributed by atoms with Crippen molar-refractivity contribution in [3.05, 3.63) is 52.5 Å². The van der Waals surface area contributed by atoms with E-state index in [1.807, 2.05) is 31.2 Å². The summed E-state index contributed by atoms with van der Waals surface area (Å²) in [7, 11) is 0. The Kier molecular flexibility index (Phi) is 3.98. The first-order valence-electron chi connectivity index (χ1n) is 8.23. The zero-order chi connectivity index (χ0) is 16.5. The van der Waals surface area contributed by atoms with Gasteiger partial charge in [0.2, 0.25) is 0 Å². The number of para-hydroxylation sites is 1. The topological polar surface area (TPSA) is 31.4 Å². The zero-order valence-electron chi connectivity index (χ0n) is 13.8. The Morgan fingerprint density at radius 3 is 3.00 bits per heavy atom. The first kappa shape index (κ1) is 15.2. The molecule has 0 aliphatic carbocycles. The molecule has 1 aliphatic heterocycles. The minimum atomic E-state index is 0.234. The molecule has 4 rings (SSSR count). The Hall–Kier alpha value is -2.33. The van der Waals surface area contributed by atoms with Gasteiger partial charge in [-0.15, -0.1) is 11.3 Å². The molecule has 122 valence electrons. The van der Waals surface area contributed by atoms with Gasteiger partial charge in [-0.2, -0.15) is 0 Å². The van der Waals surface area contributed by atoms with Gasteiger partial charge in [0.1, 0.15) is 22.6 Å². The van der Waals surface area contributed by atoms with E-state index in [9.17, 15) is 0 Å². The SMILES string of the molecule is CCOc1cc2c(cc1/C=C/c1nc3ccccc3s1)O[C@H](C)C2. The molecule has 0 spiro atoms. The largest absolute Gasteiger partial charge is 0.493 e. The lowest BCUT2D eigenvalue weighted by atomic mass is 10.1. The van der Waals surface area contributed by atoms with Crippen LogP contribution in [0, 0.1) is 0 Å². The van der Waals surface area contributed by atoms with Gasteiger partial charge in [-0.1, -0.05) is 12.1 Å². The fourth-order valence-corrected chi connectivity index (χ4v) is 3.86. The molecule has 0 saturated heterocycles. The molecule has 0 fully saturated rings. The highest BCUT2D eigenvalue weighted by Crippen LogP contribution is 2.36. The van der Waals surface area contributed by atoms with Crippen molar-refractivity contribution in [3.63, 3.8) is 0 Å². The minimum absolute atomic E-state index is 0.234. The summed E-state index contributed by atoms with van der Waals surface area (Å²) in [5.41, 5.74) is 3.30. The van der Waals surface area contributed by atoms with Gasteiger partial charge in [0, 0.05) is 17.5 Å². The molecule has 4 heteroatoms. The van der Waals surface area contributed by atoms with E-state index in [4.69, 9.17) is 9.47 Å². The molecule has 1 atom stereocenters. The summed E-state index contributed by atoms with van der Waals surface area (Å²) in [6.07, 6.45) is 5.29. The summed E-state index contributed by atoms with van der Waals surface area (Å²) < 4.78 is 12.9. The lowest BCUT2D eigenvalue weighted by Gasteiger charge is -2.09. The van der Waals surface area contributed by atoms with Crippen molar-refractivity contribution in [1.82, 2.24) is 4.98 Å². The Labute approximate surface area is 145 Å². The number of nitrogens with zero attached hydrogens (tertiary/aromatic N) is 1. The van der Waals surface area contributed by atoms with Crippen molar-refractivity contribution in [2.45, 2.75) is 26.4 Å². The number of hydrogen-bond donors (Lipinski definition) is 0. The molecule has 3 nitrogen and oxygen atoms in total. The third-order valence-corrected chi connectivity index (χ3v) is 5.05. The van der Waals surface area contributed by atoms with Gasteiger partial charge in [-0.3, -0.25) is 0 Å². The Morgan fingerprint density at radius 2 is 2.17 bits per heavy atom. The Morgan fingerprint density at radius 1 is 1.29 bits per heavy atom. The highest BCUT2D eigenvalue weighted by Gasteiger charge is 2.21. The number of rotatable bonds is 4. The predicted molar refractivity (Wildman–Crippen MR) is 100.0 cm³/mol. The zero-order valence-corrected chi connectivity index (χ0v) is 14.6. The van der Waals surface area contributed by atoms with Crippen molar-refractivity contribution in [2.75, 3.05) is 6.61 Å². The van der Waals surface area contributed by atoms with Gasteiger partial charge >= 0.3 is 0 Å². The maximum atomic E-state index is 5.88. The molecule has 0 amide bonds. The standard InChI is InChI=1S/C20H19NO2S/c1-3-22-17-12-15-10-13(2)23-18(15)11-14(17)8-9-20-21-16-6-4-5-7-19(16)24-20/h4-9,11-13H,3,10H2,1-2H3/b9-8+/t13-/m1/s1. The van der Waals surface area contributed by atoms with E-state index >= 15 is 0 Å². The number of benzene rings is 2. The van der Waals surface area contributed by atoms with Crippen molar-refractivity contribution in [2.24, 2.45) is 0 Å².